The third kappa shape index (κ3) is 2.74. The number of carbonyl (C=O) groups is 1. The first-order chi connectivity index (χ1) is 8.47. The molecule has 2 rings (SSSR count). The molecule has 0 aliphatic rings. The zero-order valence-electron chi connectivity index (χ0n) is 10.1. The molecular formula is C15H12Cl2O. The molecule has 0 aliphatic carbocycles. The van der Waals surface area contributed by atoms with Crippen molar-refractivity contribution in [3.63, 3.8) is 0 Å². The van der Waals surface area contributed by atoms with Gasteiger partial charge in [-0.2, -0.15) is 0 Å². The lowest BCUT2D eigenvalue weighted by atomic mass is 9.98. The molecule has 1 nitrogen and oxygen atoms in total. The van der Waals surface area contributed by atoms with E-state index in [-0.39, 0.29) is 5.78 Å². The molecule has 0 fully saturated rings. The zero-order valence-corrected chi connectivity index (χ0v) is 11.6. The second kappa shape index (κ2) is 5.13. The molecule has 0 radical (unpaired) electrons. The fraction of sp³-hybridized carbons (Fsp3) is 0.133. The van der Waals surface area contributed by atoms with E-state index in [1.165, 1.54) is 0 Å². The van der Waals surface area contributed by atoms with Gasteiger partial charge in [-0.05, 0) is 37.6 Å². The van der Waals surface area contributed by atoms with E-state index in [0.29, 0.717) is 21.2 Å². The predicted molar refractivity (Wildman–Crippen MR) is 75.8 cm³/mol. The SMILES string of the molecule is Cc1ccc(C(=O)c2cc(Cl)cc(Cl)c2)c(C)c1. The smallest absolute Gasteiger partial charge is 0.193 e. The first-order valence-electron chi connectivity index (χ1n) is 5.55. The number of ketones is 1. The lowest BCUT2D eigenvalue weighted by Crippen LogP contribution is -2.04. The Morgan fingerprint density at radius 2 is 1.56 bits per heavy atom. The highest BCUT2D eigenvalue weighted by Crippen LogP contribution is 2.22. The number of carbonyl (C=O) groups excluding carboxylic acids is 1. The van der Waals surface area contributed by atoms with Crippen molar-refractivity contribution >= 4 is 29.0 Å². The van der Waals surface area contributed by atoms with Gasteiger partial charge in [0.1, 0.15) is 0 Å². The van der Waals surface area contributed by atoms with E-state index in [1.807, 2.05) is 32.0 Å². The Morgan fingerprint density at radius 1 is 0.944 bits per heavy atom. The lowest BCUT2D eigenvalue weighted by Gasteiger charge is -2.07. The highest BCUT2D eigenvalue weighted by molar-refractivity contribution is 6.35. The molecule has 0 spiro atoms. The summed E-state index contributed by atoms with van der Waals surface area (Å²) in [5, 5.41) is 0.936. The summed E-state index contributed by atoms with van der Waals surface area (Å²) in [7, 11) is 0. The molecule has 0 N–H and O–H groups in total. The third-order valence-electron chi connectivity index (χ3n) is 2.75. The van der Waals surface area contributed by atoms with E-state index >= 15 is 0 Å². The van der Waals surface area contributed by atoms with Crippen molar-refractivity contribution in [1.29, 1.82) is 0 Å². The Balaban J connectivity index is 2.47. The maximum atomic E-state index is 12.4. The molecule has 0 saturated carbocycles. The van der Waals surface area contributed by atoms with Crippen molar-refractivity contribution < 1.29 is 4.79 Å². The first-order valence-corrected chi connectivity index (χ1v) is 6.31. The quantitative estimate of drug-likeness (QED) is 0.719. The van der Waals surface area contributed by atoms with Crippen LogP contribution in [0.5, 0.6) is 0 Å². The normalized spacial score (nSPS) is 10.4. The van der Waals surface area contributed by atoms with E-state index in [0.717, 1.165) is 11.1 Å². The number of aryl methyl sites for hydroxylation is 2. The van der Waals surface area contributed by atoms with Crippen LogP contribution < -0.4 is 0 Å². The van der Waals surface area contributed by atoms with Crippen molar-refractivity contribution in [2.45, 2.75) is 13.8 Å². The average Bonchev–Trinajstić information content (AvgIpc) is 2.26. The second-order valence-electron chi connectivity index (χ2n) is 4.31. The summed E-state index contributed by atoms with van der Waals surface area (Å²) in [4.78, 5) is 12.4. The van der Waals surface area contributed by atoms with Gasteiger partial charge in [0.25, 0.3) is 0 Å². The highest BCUT2D eigenvalue weighted by atomic mass is 35.5. The molecule has 92 valence electrons. The average molecular weight is 279 g/mol. The van der Waals surface area contributed by atoms with E-state index in [4.69, 9.17) is 23.2 Å². The van der Waals surface area contributed by atoms with Crippen molar-refractivity contribution in [1.82, 2.24) is 0 Å². The molecule has 18 heavy (non-hydrogen) atoms. The van der Waals surface area contributed by atoms with E-state index < -0.39 is 0 Å². The summed E-state index contributed by atoms with van der Waals surface area (Å²) in [6, 6.07) is 10.6. The van der Waals surface area contributed by atoms with Crippen LogP contribution in [0.15, 0.2) is 36.4 Å². The van der Waals surface area contributed by atoms with Crippen LogP contribution in [0.3, 0.4) is 0 Å². The zero-order chi connectivity index (χ0) is 13.3. The summed E-state index contributed by atoms with van der Waals surface area (Å²) in [6.45, 7) is 3.92. The van der Waals surface area contributed by atoms with Gasteiger partial charge >= 0.3 is 0 Å². The number of halogens is 2. The topological polar surface area (TPSA) is 17.1 Å². The van der Waals surface area contributed by atoms with Gasteiger partial charge in [0.15, 0.2) is 5.78 Å². The molecule has 0 unspecified atom stereocenters. The monoisotopic (exact) mass is 278 g/mol. The standard InChI is InChI=1S/C15H12Cl2O/c1-9-3-4-14(10(2)5-9)15(18)11-6-12(16)8-13(17)7-11/h3-8H,1-2H3. The van der Waals surface area contributed by atoms with Crippen LogP contribution in [-0.4, -0.2) is 5.78 Å². The van der Waals surface area contributed by atoms with E-state index in [1.54, 1.807) is 18.2 Å². The van der Waals surface area contributed by atoms with Crippen molar-refractivity contribution in [3.8, 4) is 0 Å². The Bertz CT molecular complexity index is 598. The van der Waals surface area contributed by atoms with Crippen molar-refractivity contribution in [2.75, 3.05) is 0 Å². The number of benzene rings is 2. The van der Waals surface area contributed by atoms with Crippen LogP contribution in [0.25, 0.3) is 0 Å². The van der Waals surface area contributed by atoms with Gasteiger partial charge in [0.05, 0.1) is 0 Å². The Hall–Kier alpha value is -1.31. The summed E-state index contributed by atoms with van der Waals surface area (Å²) in [5.41, 5.74) is 3.28. The summed E-state index contributed by atoms with van der Waals surface area (Å²) < 4.78 is 0. The molecule has 0 amide bonds. The van der Waals surface area contributed by atoms with Crippen LogP contribution in [-0.2, 0) is 0 Å². The number of rotatable bonds is 2. The molecule has 2 aromatic carbocycles. The van der Waals surface area contributed by atoms with Gasteiger partial charge in [-0.15, -0.1) is 0 Å². The molecule has 0 bridgehead atoms. The molecule has 0 atom stereocenters. The van der Waals surface area contributed by atoms with E-state index in [2.05, 4.69) is 0 Å². The van der Waals surface area contributed by atoms with Crippen LogP contribution in [0.4, 0.5) is 0 Å². The Kier molecular flexibility index (Phi) is 3.74. The van der Waals surface area contributed by atoms with Crippen LogP contribution in [0, 0.1) is 13.8 Å². The van der Waals surface area contributed by atoms with Gasteiger partial charge < -0.3 is 0 Å². The molecule has 0 aliphatic heterocycles. The first kappa shape index (κ1) is 13.1. The van der Waals surface area contributed by atoms with Crippen LogP contribution in [0.2, 0.25) is 10.0 Å². The summed E-state index contributed by atoms with van der Waals surface area (Å²) >= 11 is 11.8. The minimum atomic E-state index is -0.0584. The van der Waals surface area contributed by atoms with Crippen LogP contribution >= 0.6 is 23.2 Å². The summed E-state index contributed by atoms with van der Waals surface area (Å²) in [5.74, 6) is -0.0584. The number of hydrogen-bond acceptors (Lipinski definition) is 1. The van der Waals surface area contributed by atoms with Crippen molar-refractivity contribution in [3.05, 3.63) is 68.7 Å². The van der Waals surface area contributed by atoms with Gasteiger partial charge in [0, 0.05) is 21.2 Å². The second-order valence-corrected chi connectivity index (χ2v) is 5.18. The molecule has 3 heteroatoms. The van der Waals surface area contributed by atoms with Gasteiger partial charge in [-0.25, -0.2) is 0 Å². The fourth-order valence-electron chi connectivity index (χ4n) is 1.91. The Morgan fingerprint density at radius 3 is 2.11 bits per heavy atom. The maximum absolute atomic E-state index is 12.4. The van der Waals surface area contributed by atoms with Gasteiger partial charge in [-0.1, -0.05) is 47.0 Å². The largest absolute Gasteiger partial charge is 0.289 e. The predicted octanol–water partition coefficient (Wildman–Crippen LogP) is 4.84. The van der Waals surface area contributed by atoms with E-state index in [9.17, 15) is 4.79 Å². The molecular weight excluding hydrogens is 267 g/mol. The lowest BCUT2D eigenvalue weighted by molar-refractivity contribution is 0.103. The van der Waals surface area contributed by atoms with Gasteiger partial charge in [0.2, 0.25) is 0 Å². The minimum absolute atomic E-state index is 0.0584. The maximum Gasteiger partial charge on any atom is 0.193 e. The molecule has 0 saturated heterocycles. The molecule has 0 aromatic heterocycles. The summed E-state index contributed by atoms with van der Waals surface area (Å²) in [6.07, 6.45) is 0. The van der Waals surface area contributed by atoms with Gasteiger partial charge in [-0.3, -0.25) is 4.79 Å². The van der Waals surface area contributed by atoms with Crippen molar-refractivity contribution in [2.24, 2.45) is 0 Å². The molecule has 0 heterocycles. The molecule has 2 aromatic rings. The Labute approximate surface area is 116 Å². The highest BCUT2D eigenvalue weighted by Gasteiger charge is 2.13. The van der Waals surface area contributed by atoms with Crippen LogP contribution in [0.1, 0.15) is 27.0 Å². The third-order valence-corrected chi connectivity index (χ3v) is 3.19. The minimum Gasteiger partial charge on any atom is -0.289 e. The fourth-order valence-corrected chi connectivity index (χ4v) is 2.43. The number of hydrogen-bond donors (Lipinski definition) is 0.